The second-order valence-electron chi connectivity index (χ2n) is 20.6. The number of aryl methyl sites for hydroxylation is 10. The third-order valence-electron chi connectivity index (χ3n) is 13.8. The molecule has 10 aromatic carbocycles. The van der Waals surface area contributed by atoms with Crippen LogP contribution in [0, 0.1) is 69.2 Å². The van der Waals surface area contributed by atoms with Crippen molar-refractivity contribution in [3.05, 3.63) is 303 Å². The minimum absolute atomic E-state index is 1.10. The molecular weight excluding hydrogens is 1020 g/mol. The predicted octanol–water partition coefficient (Wildman–Crippen LogP) is 22.3. The first kappa shape index (κ1) is 56.6. The summed E-state index contributed by atoms with van der Waals surface area (Å²) in [5.41, 5.74) is 27.3. The van der Waals surface area contributed by atoms with Crippen LogP contribution in [0.15, 0.2) is 236 Å². The molecule has 10 rings (SSSR count). The van der Waals surface area contributed by atoms with Gasteiger partial charge in [0, 0.05) is 67.0 Å². The van der Waals surface area contributed by atoms with Gasteiger partial charge >= 0.3 is 0 Å². The third kappa shape index (κ3) is 14.5. The normalized spacial score (nSPS) is 10.6. The molecule has 0 fully saturated rings. The van der Waals surface area contributed by atoms with Crippen molar-refractivity contribution < 1.29 is 0 Å². The maximum absolute atomic E-state index is 4.00. The highest BCUT2D eigenvalue weighted by Crippen LogP contribution is 2.44. The molecule has 10 aromatic rings. The number of nitrogens with zero attached hydrogens (tertiary/aromatic N) is 3. The summed E-state index contributed by atoms with van der Waals surface area (Å²) in [7, 11) is 0. The van der Waals surface area contributed by atoms with Crippen LogP contribution in [0.1, 0.15) is 66.8 Å². The topological polar surface area (TPSA) is 21.8 Å². The average Bonchev–Trinajstić information content (AvgIpc) is 3.45. The molecule has 0 aliphatic rings. The van der Waals surface area contributed by atoms with Gasteiger partial charge in [0.25, 0.3) is 0 Å². The van der Waals surface area contributed by atoms with Crippen LogP contribution in [-0.2, 0) is 0 Å². The summed E-state index contributed by atoms with van der Waals surface area (Å²) >= 11 is 3.36. The van der Waals surface area contributed by atoms with Crippen LogP contribution < -0.4 is 20.0 Å². The number of anilines is 11. The van der Waals surface area contributed by atoms with Crippen LogP contribution in [0.5, 0.6) is 0 Å². The third-order valence-corrected chi connectivity index (χ3v) is 14.3. The van der Waals surface area contributed by atoms with E-state index in [1.807, 2.05) is 36.4 Å². The average molecular weight is 1100 g/mol. The quantitative estimate of drug-likeness (QED) is 0.124. The van der Waals surface area contributed by atoms with Crippen LogP contribution in [0.3, 0.4) is 0 Å². The fourth-order valence-electron chi connectivity index (χ4n) is 9.86. The maximum Gasteiger partial charge on any atom is 0.0494 e. The van der Waals surface area contributed by atoms with Crippen LogP contribution in [0.2, 0.25) is 0 Å². The van der Waals surface area contributed by atoms with Crippen LogP contribution >= 0.6 is 15.9 Å². The molecule has 0 aromatic heterocycles. The number of rotatable bonds is 13. The molecule has 0 spiro atoms. The first-order valence-electron chi connectivity index (χ1n) is 27.0. The predicted molar refractivity (Wildman–Crippen MR) is 348 cm³/mol. The number of benzene rings is 10. The van der Waals surface area contributed by atoms with Gasteiger partial charge in [0.2, 0.25) is 0 Å². The van der Waals surface area contributed by atoms with E-state index in [9.17, 15) is 0 Å². The van der Waals surface area contributed by atoms with Gasteiger partial charge in [-0.15, -0.1) is 0 Å². The number of nitrogens with one attached hydrogen (secondary N) is 1. The Morgan fingerprint density at radius 2 is 0.620 bits per heavy atom. The minimum Gasteiger partial charge on any atom is -0.355 e. The van der Waals surface area contributed by atoms with Crippen molar-refractivity contribution >= 4 is 90.6 Å². The Balaban J connectivity index is 0.000000183. The van der Waals surface area contributed by atoms with Crippen molar-refractivity contribution in [2.24, 2.45) is 0 Å². The SMILES string of the molecule is C=Cc1cccc(Br)c1.C=Cc1cccc(N(c2cccc(C)c2)c2cc(C)c(N(c3cccc(C)c3)c3cccc(C)c3)cc2C)c1.Cc1cccc(Nc2cc(C)c(N(c3cccc(C)c3)c3cccc(C)c3)cc2C)c1. The summed E-state index contributed by atoms with van der Waals surface area (Å²) < 4.78 is 1.10. The van der Waals surface area contributed by atoms with Crippen LogP contribution in [0.25, 0.3) is 12.2 Å². The van der Waals surface area contributed by atoms with Gasteiger partial charge in [-0.2, -0.15) is 0 Å². The van der Waals surface area contributed by atoms with E-state index in [0.29, 0.717) is 0 Å². The van der Waals surface area contributed by atoms with E-state index in [-0.39, 0.29) is 0 Å². The molecule has 0 atom stereocenters. The smallest absolute Gasteiger partial charge is 0.0494 e. The number of hydrogen-bond acceptors (Lipinski definition) is 4. The summed E-state index contributed by atoms with van der Waals surface area (Å²) in [5, 5.41) is 3.60. The number of hydrogen-bond donors (Lipinski definition) is 1. The molecule has 1 N–H and O–H groups in total. The fraction of sp³-hybridized carbons (Fsp3) is 0.135. The van der Waals surface area contributed by atoms with E-state index < -0.39 is 0 Å². The molecule has 4 nitrogen and oxygen atoms in total. The largest absolute Gasteiger partial charge is 0.355 e. The minimum atomic E-state index is 1.10. The van der Waals surface area contributed by atoms with Crippen molar-refractivity contribution in [3.8, 4) is 0 Å². The lowest BCUT2D eigenvalue weighted by Gasteiger charge is -2.32. The standard InChI is InChI=1S/C37H36N2.C29H30N2.C8H7Br/c1-7-31-15-11-19-35(25-31)39(34-18-10-14-28(4)22-34)37-24-29(5)36(23-30(37)6)38(32-16-8-12-26(2)20-32)33-17-9-13-27(3)21-33;1-20-9-6-12-25(15-20)30-28-18-24(5)29(19-23(28)4)31(26-13-7-10-21(2)16-26)27-14-8-11-22(3)17-27;1-2-7-4-3-5-8(9)6-7/h7-25H,1H2,2-6H3;6-19,30H,1-5H3;2-6H,1H2. The van der Waals surface area contributed by atoms with Crippen molar-refractivity contribution in [2.75, 3.05) is 20.0 Å². The molecule has 0 aliphatic carbocycles. The van der Waals surface area contributed by atoms with Crippen LogP contribution in [-0.4, -0.2) is 0 Å². The molecule has 5 heteroatoms. The van der Waals surface area contributed by atoms with Crippen molar-refractivity contribution in [3.63, 3.8) is 0 Å². The zero-order valence-corrected chi connectivity index (χ0v) is 49.2. The Kier molecular flexibility index (Phi) is 18.7. The van der Waals surface area contributed by atoms with E-state index in [4.69, 9.17) is 0 Å². The Bertz CT molecular complexity index is 3670. The van der Waals surface area contributed by atoms with Crippen molar-refractivity contribution in [1.29, 1.82) is 0 Å². The Labute approximate surface area is 479 Å². The van der Waals surface area contributed by atoms with E-state index in [0.717, 1.165) is 55.4 Å². The Morgan fingerprint density at radius 3 is 0.962 bits per heavy atom. The maximum atomic E-state index is 4.00. The van der Waals surface area contributed by atoms with Gasteiger partial charge < -0.3 is 20.0 Å². The molecule has 396 valence electrons. The van der Waals surface area contributed by atoms with Crippen LogP contribution in [0.4, 0.5) is 62.6 Å². The molecule has 0 saturated carbocycles. The highest BCUT2D eigenvalue weighted by Gasteiger charge is 2.22. The molecule has 0 heterocycles. The second kappa shape index (κ2) is 26.1. The summed E-state index contributed by atoms with van der Waals surface area (Å²) in [4.78, 5) is 7.09. The molecule has 0 bridgehead atoms. The zero-order valence-electron chi connectivity index (χ0n) is 47.6. The number of halogens is 1. The first-order chi connectivity index (χ1) is 38.1. The van der Waals surface area contributed by atoms with Gasteiger partial charge in [0.15, 0.2) is 0 Å². The van der Waals surface area contributed by atoms with Crippen molar-refractivity contribution in [1.82, 2.24) is 0 Å². The van der Waals surface area contributed by atoms with E-state index in [1.165, 1.54) is 78.4 Å². The van der Waals surface area contributed by atoms with Gasteiger partial charge in [0.05, 0.1) is 0 Å². The summed E-state index contributed by atoms with van der Waals surface area (Å²) in [5.74, 6) is 0. The zero-order chi connectivity index (χ0) is 56.2. The van der Waals surface area contributed by atoms with Gasteiger partial charge in [-0.3, -0.25) is 0 Å². The summed E-state index contributed by atoms with van der Waals surface area (Å²) in [6.45, 7) is 29.3. The van der Waals surface area contributed by atoms with E-state index in [2.05, 4.69) is 312 Å². The molecule has 0 aliphatic heterocycles. The summed E-state index contributed by atoms with van der Waals surface area (Å²) in [6.07, 6.45) is 3.73. The first-order valence-corrected chi connectivity index (χ1v) is 27.8. The van der Waals surface area contributed by atoms with Gasteiger partial charge in [-0.25, -0.2) is 0 Å². The Hall–Kier alpha value is -8.64. The second-order valence-corrected chi connectivity index (χ2v) is 21.5. The highest BCUT2D eigenvalue weighted by atomic mass is 79.9. The lowest BCUT2D eigenvalue weighted by Crippen LogP contribution is -2.15. The molecule has 0 saturated heterocycles. The summed E-state index contributed by atoms with van der Waals surface area (Å²) in [6, 6.07) is 77.8. The Morgan fingerprint density at radius 1 is 0.316 bits per heavy atom. The van der Waals surface area contributed by atoms with Gasteiger partial charge in [-0.1, -0.05) is 138 Å². The van der Waals surface area contributed by atoms with E-state index in [1.54, 1.807) is 0 Å². The molecule has 0 unspecified atom stereocenters. The van der Waals surface area contributed by atoms with Gasteiger partial charge in [-0.05, 0) is 257 Å². The molecule has 0 radical (unpaired) electrons. The highest BCUT2D eigenvalue weighted by molar-refractivity contribution is 9.10. The molecular formula is C74H73BrN4. The van der Waals surface area contributed by atoms with E-state index >= 15 is 0 Å². The molecule has 0 amide bonds. The van der Waals surface area contributed by atoms with Gasteiger partial charge in [0.1, 0.15) is 0 Å². The van der Waals surface area contributed by atoms with Crippen molar-refractivity contribution in [2.45, 2.75) is 69.2 Å². The molecule has 79 heavy (non-hydrogen) atoms. The lowest BCUT2D eigenvalue weighted by molar-refractivity contribution is 1.19. The fourth-order valence-corrected chi connectivity index (χ4v) is 10.3. The lowest BCUT2D eigenvalue weighted by atomic mass is 10.0. The monoisotopic (exact) mass is 1100 g/mol.